The van der Waals surface area contributed by atoms with E-state index in [1.165, 1.54) is 21.3 Å². The number of methoxy groups -OCH3 is 3. The molecule has 1 heterocycles. The average Bonchev–Trinajstić information content (AvgIpc) is 2.78. The van der Waals surface area contributed by atoms with E-state index in [-0.39, 0.29) is 23.3 Å². The molecule has 1 aliphatic heterocycles. The first-order valence-corrected chi connectivity index (χ1v) is 9.72. The highest BCUT2D eigenvalue weighted by Gasteiger charge is 2.26. The molecule has 168 valence electrons. The molecule has 0 bridgehead atoms. The fourth-order valence-electron chi connectivity index (χ4n) is 3.57. The van der Waals surface area contributed by atoms with Gasteiger partial charge in [0, 0.05) is 35.9 Å². The molecule has 2 aromatic carbocycles. The average molecular weight is 431 g/mol. The van der Waals surface area contributed by atoms with Gasteiger partial charge >= 0.3 is 0 Å². The zero-order chi connectivity index (χ0) is 21.7. The Bertz CT molecular complexity index is 891. The minimum absolute atomic E-state index is 0. The first kappa shape index (κ1) is 23.8. The first-order valence-electron chi connectivity index (χ1n) is 9.72. The van der Waals surface area contributed by atoms with Crippen LogP contribution < -0.4 is 25.3 Å². The number of carbonyl (C=O) groups is 2. The normalized spacial score (nSPS) is 15.5. The number of nitrogens with one attached hydrogen (secondary N) is 1. The molecule has 1 fully saturated rings. The Labute approximate surface area is 181 Å². The van der Waals surface area contributed by atoms with Crippen LogP contribution in [0.25, 0.3) is 0 Å². The molecule has 0 spiro atoms. The molecule has 9 heteroatoms. The Morgan fingerprint density at radius 1 is 1.00 bits per heavy atom. The van der Waals surface area contributed by atoms with Gasteiger partial charge in [0.05, 0.1) is 21.3 Å². The summed E-state index contributed by atoms with van der Waals surface area (Å²) in [7, 11) is 4.51. The molecule has 31 heavy (non-hydrogen) atoms. The molecule has 1 unspecified atom stereocenters. The third kappa shape index (κ3) is 5.37. The van der Waals surface area contributed by atoms with E-state index >= 15 is 0 Å². The number of nitrogens with zero attached hydrogens (tertiary/aromatic N) is 1. The van der Waals surface area contributed by atoms with Gasteiger partial charge in [-0.2, -0.15) is 0 Å². The Morgan fingerprint density at radius 3 is 2.16 bits per heavy atom. The lowest BCUT2D eigenvalue weighted by Crippen LogP contribution is -2.49. The molecule has 1 aliphatic rings. The predicted molar refractivity (Wildman–Crippen MR) is 117 cm³/mol. The van der Waals surface area contributed by atoms with Crippen LogP contribution in [-0.2, 0) is 0 Å². The van der Waals surface area contributed by atoms with E-state index in [0.29, 0.717) is 47.2 Å². The highest BCUT2D eigenvalue weighted by atomic mass is 16.5. The lowest BCUT2D eigenvalue weighted by Gasteiger charge is -2.33. The fraction of sp³-hybridized carbons (Fsp3) is 0.364. The molecule has 0 aromatic heterocycles. The number of amides is 2. The van der Waals surface area contributed by atoms with Crippen LogP contribution in [-0.4, -0.2) is 62.7 Å². The molecule has 0 radical (unpaired) electrons. The number of carbonyl (C=O) groups excluding carboxylic acids is 2. The number of rotatable bonds is 6. The van der Waals surface area contributed by atoms with E-state index in [1.807, 2.05) is 0 Å². The van der Waals surface area contributed by atoms with E-state index < -0.39 is 0 Å². The maximum absolute atomic E-state index is 12.9. The van der Waals surface area contributed by atoms with Crippen LogP contribution >= 0.6 is 0 Å². The third-order valence-electron chi connectivity index (χ3n) is 5.13. The van der Waals surface area contributed by atoms with E-state index in [9.17, 15) is 9.59 Å². The Hall–Kier alpha value is -3.46. The lowest BCUT2D eigenvalue weighted by molar-refractivity contribution is 0.0676. The minimum Gasteiger partial charge on any atom is -0.493 e. The number of hydrogen-bond acceptors (Lipinski definition) is 6. The molecular formula is C22H29N3O6. The highest BCUT2D eigenvalue weighted by Crippen LogP contribution is 2.38. The number of nitrogens with two attached hydrogens (primary N) is 1. The molecule has 0 saturated carbocycles. The van der Waals surface area contributed by atoms with Gasteiger partial charge in [-0.05, 0) is 49.2 Å². The molecule has 2 aromatic rings. The number of anilines is 1. The Morgan fingerprint density at radius 2 is 1.61 bits per heavy atom. The van der Waals surface area contributed by atoms with Crippen LogP contribution in [0, 0.1) is 0 Å². The maximum atomic E-state index is 12.9. The summed E-state index contributed by atoms with van der Waals surface area (Å²) in [6, 6.07) is 9.92. The molecule has 1 saturated heterocycles. The van der Waals surface area contributed by atoms with Crippen LogP contribution in [0.15, 0.2) is 36.4 Å². The summed E-state index contributed by atoms with van der Waals surface area (Å²) in [5.74, 6) is 0.911. The maximum Gasteiger partial charge on any atom is 0.253 e. The fourth-order valence-corrected chi connectivity index (χ4v) is 3.57. The topological polar surface area (TPSA) is 135 Å². The van der Waals surface area contributed by atoms with Crippen LogP contribution in [0.2, 0.25) is 0 Å². The molecule has 5 N–H and O–H groups in total. The second-order valence-corrected chi connectivity index (χ2v) is 7.10. The summed E-state index contributed by atoms with van der Waals surface area (Å²) in [5.41, 5.74) is 7.29. The number of ether oxygens (including phenoxy) is 3. The van der Waals surface area contributed by atoms with Gasteiger partial charge in [0.1, 0.15) is 0 Å². The van der Waals surface area contributed by atoms with Gasteiger partial charge in [0.25, 0.3) is 11.8 Å². The molecule has 3 rings (SSSR count). The monoisotopic (exact) mass is 431 g/mol. The van der Waals surface area contributed by atoms with E-state index in [4.69, 9.17) is 19.9 Å². The largest absolute Gasteiger partial charge is 0.493 e. The lowest BCUT2D eigenvalue weighted by atomic mass is 10.0. The minimum atomic E-state index is -0.263. The summed E-state index contributed by atoms with van der Waals surface area (Å²) >= 11 is 0. The third-order valence-corrected chi connectivity index (χ3v) is 5.13. The summed E-state index contributed by atoms with van der Waals surface area (Å²) in [6.45, 7) is 1.10. The van der Waals surface area contributed by atoms with Crippen molar-refractivity contribution in [3.63, 3.8) is 0 Å². The SMILES string of the molecule is COc1cc(C(=O)NC2CCCN(C(=O)c3ccc(N)cc3)C2)cc(OC)c1OC.O. The summed E-state index contributed by atoms with van der Waals surface area (Å²) < 4.78 is 15.9. The van der Waals surface area contributed by atoms with Gasteiger partial charge in [-0.25, -0.2) is 0 Å². The van der Waals surface area contributed by atoms with Crippen LogP contribution in [0.1, 0.15) is 33.6 Å². The molecule has 2 amide bonds. The van der Waals surface area contributed by atoms with Gasteiger partial charge < -0.3 is 35.6 Å². The Kier molecular flexibility index (Phi) is 8.09. The van der Waals surface area contributed by atoms with Crippen molar-refractivity contribution in [1.82, 2.24) is 10.2 Å². The number of piperidine rings is 1. The number of nitrogen functional groups attached to an aromatic ring is 1. The standard InChI is InChI=1S/C22H27N3O5.H2O/c1-28-18-11-15(12-19(29-2)20(18)30-3)21(26)24-17-5-4-10-25(13-17)22(27)14-6-8-16(23)9-7-14;/h6-9,11-12,17H,4-5,10,13,23H2,1-3H3,(H,24,26);1H2. The van der Waals surface area contributed by atoms with Crippen molar-refractivity contribution in [1.29, 1.82) is 0 Å². The Balaban J connectivity index is 0.00000341. The quantitative estimate of drug-likeness (QED) is 0.666. The zero-order valence-corrected chi connectivity index (χ0v) is 17.9. The van der Waals surface area contributed by atoms with Crippen LogP contribution in [0.5, 0.6) is 17.2 Å². The molecule has 9 nitrogen and oxygen atoms in total. The van der Waals surface area contributed by atoms with Gasteiger partial charge in [-0.15, -0.1) is 0 Å². The summed E-state index contributed by atoms with van der Waals surface area (Å²) in [5, 5.41) is 3.02. The van der Waals surface area contributed by atoms with Crippen molar-refractivity contribution in [2.75, 3.05) is 40.2 Å². The van der Waals surface area contributed by atoms with Crippen molar-refractivity contribution >= 4 is 17.5 Å². The van der Waals surface area contributed by atoms with Crippen molar-refractivity contribution in [3.8, 4) is 17.2 Å². The van der Waals surface area contributed by atoms with Gasteiger partial charge in [0.15, 0.2) is 11.5 Å². The second-order valence-electron chi connectivity index (χ2n) is 7.10. The second kappa shape index (κ2) is 10.5. The van der Waals surface area contributed by atoms with Crippen molar-refractivity contribution in [2.45, 2.75) is 18.9 Å². The number of likely N-dealkylation sites (tertiary alicyclic amines) is 1. The van der Waals surface area contributed by atoms with Crippen molar-refractivity contribution in [3.05, 3.63) is 47.5 Å². The number of benzene rings is 2. The van der Waals surface area contributed by atoms with Crippen LogP contribution in [0.4, 0.5) is 5.69 Å². The van der Waals surface area contributed by atoms with Gasteiger partial charge in [0.2, 0.25) is 5.75 Å². The van der Waals surface area contributed by atoms with E-state index in [0.717, 1.165) is 12.8 Å². The van der Waals surface area contributed by atoms with Gasteiger partial charge in [-0.1, -0.05) is 0 Å². The smallest absolute Gasteiger partial charge is 0.253 e. The molecular weight excluding hydrogens is 402 g/mol. The van der Waals surface area contributed by atoms with Crippen LogP contribution in [0.3, 0.4) is 0 Å². The van der Waals surface area contributed by atoms with E-state index in [2.05, 4.69) is 5.32 Å². The molecule has 0 aliphatic carbocycles. The van der Waals surface area contributed by atoms with E-state index in [1.54, 1.807) is 41.3 Å². The van der Waals surface area contributed by atoms with Crippen molar-refractivity contribution in [2.24, 2.45) is 0 Å². The summed E-state index contributed by atoms with van der Waals surface area (Å²) in [6.07, 6.45) is 1.60. The molecule has 1 atom stereocenters. The van der Waals surface area contributed by atoms with Crippen molar-refractivity contribution < 1.29 is 29.3 Å². The zero-order valence-electron chi connectivity index (χ0n) is 17.9. The number of hydrogen-bond donors (Lipinski definition) is 2. The highest BCUT2D eigenvalue weighted by molar-refractivity contribution is 5.96. The predicted octanol–water partition coefficient (Wildman–Crippen LogP) is 1.50. The van der Waals surface area contributed by atoms with Gasteiger partial charge in [-0.3, -0.25) is 9.59 Å². The first-order chi connectivity index (χ1) is 14.5. The summed E-state index contributed by atoms with van der Waals surface area (Å²) in [4.78, 5) is 27.4.